The molecule has 8 nitrogen and oxygen atoms in total. The molecule has 2 amide bonds. The van der Waals surface area contributed by atoms with E-state index in [2.05, 4.69) is 20.4 Å². The second-order valence-corrected chi connectivity index (χ2v) is 7.50. The van der Waals surface area contributed by atoms with Crippen molar-refractivity contribution in [1.82, 2.24) is 15.1 Å². The Morgan fingerprint density at radius 2 is 1.83 bits per heavy atom. The molecule has 1 unspecified atom stereocenters. The van der Waals surface area contributed by atoms with Crippen LogP contribution in [-0.2, 0) is 9.59 Å². The van der Waals surface area contributed by atoms with Gasteiger partial charge in [-0.3, -0.25) is 9.59 Å². The van der Waals surface area contributed by atoms with Crippen molar-refractivity contribution in [2.24, 2.45) is 5.92 Å². The van der Waals surface area contributed by atoms with E-state index >= 15 is 0 Å². The van der Waals surface area contributed by atoms with Crippen LogP contribution in [0.25, 0.3) is 0 Å². The maximum Gasteiger partial charge on any atom is 0.228 e. The molecule has 3 heterocycles. The van der Waals surface area contributed by atoms with Gasteiger partial charge in [-0.15, -0.1) is 10.2 Å². The number of anilines is 3. The van der Waals surface area contributed by atoms with E-state index in [0.29, 0.717) is 38.4 Å². The van der Waals surface area contributed by atoms with Gasteiger partial charge in [-0.2, -0.15) is 0 Å². The van der Waals surface area contributed by atoms with Gasteiger partial charge in [-0.25, -0.2) is 4.39 Å². The molecule has 1 atom stereocenters. The Morgan fingerprint density at radius 3 is 2.47 bits per heavy atom. The zero-order valence-corrected chi connectivity index (χ0v) is 16.9. The van der Waals surface area contributed by atoms with Gasteiger partial charge >= 0.3 is 0 Å². The van der Waals surface area contributed by atoms with Gasteiger partial charge in [0.25, 0.3) is 0 Å². The molecule has 2 aromatic rings. The summed E-state index contributed by atoms with van der Waals surface area (Å²) in [5.41, 5.74) is 0.626. The number of benzene rings is 1. The normalized spacial score (nSPS) is 19.3. The summed E-state index contributed by atoms with van der Waals surface area (Å²) in [6, 6.07) is 9.62. The number of aromatic nitrogens is 2. The average Bonchev–Trinajstić information content (AvgIpc) is 3.16. The fraction of sp³-hybridized carbons (Fsp3) is 0.429. The third kappa shape index (κ3) is 4.19. The molecule has 1 aromatic heterocycles. The Kier molecular flexibility index (Phi) is 5.78. The van der Waals surface area contributed by atoms with Gasteiger partial charge in [0, 0.05) is 51.4 Å². The molecular weight excluding hydrogens is 387 g/mol. The van der Waals surface area contributed by atoms with Crippen molar-refractivity contribution in [2.45, 2.75) is 13.3 Å². The fourth-order valence-corrected chi connectivity index (χ4v) is 3.93. The van der Waals surface area contributed by atoms with Gasteiger partial charge in [-0.05, 0) is 43.3 Å². The molecule has 0 spiro atoms. The number of hydrogen-bond acceptors (Lipinski definition) is 6. The zero-order valence-electron chi connectivity index (χ0n) is 16.9. The number of piperazine rings is 1. The molecule has 1 aromatic carbocycles. The molecule has 0 aliphatic carbocycles. The first-order valence-corrected chi connectivity index (χ1v) is 10.2. The predicted octanol–water partition coefficient (Wildman–Crippen LogP) is 1.75. The maximum atomic E-state index is 13.1. The first-order chi connectivity index (χ1) is 14.5. The molecule has 158 valence electrons. The Balaban J connectivity index is 1.33. The van der Waals surface area contributed by atoms with Crippen molar-refractivity contribution < 1.29 is 14.0 Å². The lowest BCUT2D eigenvalue weighted by atomic mass is 10.1. The van der Waals surface area contributed by atoms with Gasteiger partial charge in [0.15, 0.2) is 5.82 Å². The average molecular weight is 412 g/mol. The lowest BCUT2D eigenvalue weighted by Crippen LogP contribution is -2.51. The SMILES string of the molecule is CCNc1ccc(N2CCN(C(=O)C3CC(=O)N(c4ccc(F)cc4)C3)CC2)nn1. The van der Waals surface area contributed by atoms with E-state index in [1.54, 1.807) is 17.0 Å². The highest BCUT2D eigenvalue weighted by Crippen LogP contribution is 2.27. The highest BCUT2D eigenvalue weighted by atomic mass is 19.1. The van der Waals surface area contributed by atoms with Crippen LogP contribution in [0.2, 0.25) is 0 Å². The first-order valence-electron chi connectivity index (χ1n) is 10.2. The minimum Gasteiger partial charge on any atom is -0.369 e. The number of amides is 2. The van der Waals surface area contributed by atoms with Crippen LogP contribution in [0, 0.1) is 11.7 Å². The molecule has 2 saturated heterocycles. The topological polar surface area (TPSA) is 81.7 Å². The van der Waals surface area contributed by atoms with E-state index in [1.807, 2.05) is 24.0 Å². The highest BCUT2D eigenvalue weighted by Gasteiger charge is 2.38. The molecule has 2 aliphatic rings. The zero-order chi connectivity index (χ0) is 21.1. The summed E-state index contributed by atoms with van der Waals surface area (Å²) in [4.78, 5) is 30.9. The third-order valence-corrected chi connectivity index (χ3v) is 5.54. The summed E-state index contributed by atoms with van der Waals surface area (Å²) < 4.78 is 13.1. The van der Waals surface area contributed by atoms with E-state index in [4.69, 9.17) is 0 Å². The van der Waals surface area contributed by atoms with Crippen LogP contribution < -0.4 is 15.1 Å². The monoisotopic (exact) mass is 412 g/mol. The number of hydrogen-bond donors (Lipinski definition) is 1. The van der Waals surface area contributed by atoms with Crippen molar-refractivity contribution in [3.63, 3.8) is 0 Å². The molecule has 0 bridgehead atoms. The lowest BCUT2D eigenvalue weighted by Gasteiger charge is -2.36. The van der Waals surface area contributed by atoms with Crippen LogP contribution in [0.5, 0.6) is 0 Å². The summed E-state index contributed by atoms with van der Waals surface area (Å²) in [6.45, 7) is 5.63. The van der Waals surface area contributed by atoms with Crippen molar-refractivity contribution >= 4 is 29.1 Å². The van der Waals surface area contributed by atoms with Gasteiger partial charge in [-0.1, -0.05) is 0 Å². The van der Waals surface area contributed by atoms with Gasteiger partial charge in [0.2, 0.25) is 11.8 Å². The Hall–Kier alpha value is -3.23. The molecule has 30 heavy (non-hydrogen) atoms. The van der Waals surface area contributed by atoms with Crippen LogP contribution in [0.1, 0.15) is 13.3 Å². The van der Waals surface area contributed by atoms with Crippen LogP contribution in [0.15, 0.2) is 36.4 Å². The minimum absolute atomic E-state index is 0.00110. The number of nitrogens with zero attached hydrogens (tertiary/aromatic N) is 5. The maximum absolute atomic E-state index is 13.1. The Labute approximate surface area is 174 Å². The molecule has 1 N–H and O–H groups in total. The number of carbonyl (C=O) groups excluding carboxylic acids is 2. The molecule has 0 radical (unpaired) electrons. The molecule has 9 heteroatoms. The number of rotatable bonds is 5. The molecule has 0 saturated carbocycles. The highest BCUT2D eigenvalue weighted by molar-refractivity contribution is 6.00. The molecule has 2 aliphatic heterocycles. The summed E-state index contributed by atoms with van der Waals surface area (Å²) >= 11 is 0. The second kappa shape index (κ2) is 8.64. The fourth-order valence-electron chi connectivity index (χ4n) is 3.93. The van der Waals surface area contributed by atoms with Gasteiger partial charge < -0.3 is 20.0 Å². The van der Waals surface area contributed by atoms with Crippen LogP contribution in [-0.4, -0.2) is 66.2 Å². The van der Waals surface area contributed by atoms with Crippen molar-refractivity contribution in [2.75, 3.05) is 54.4 Å². The van der Waals surface area contributed by atoms with E-state index in [0.717, 1.165) is 18.2 Å². The van der Waals surface area contributed by atoms with Crippen molar-refractivity contribution in [3.8, 4) is 0 Å². The van der Waals surface area contributed by atoms with Crippen molar-refractivity contribution in [1.29, 1.82) is 0 Å². The molecule has 2 fully saturated rings. The quantitative estimate of drug-likeness (QED) is 0.806. The first kappa shape index (κ1) is 20.1. The van der Waals surface area contributed by atoms with Crippen LogP contribution in [0.3, 0.4) is 0 Å². The summed E-state index contributed by atoms with van der Waals surface area (Å²) in [5, 5.41) is 11.5. The Bertz CT molecular complexity index is 897. The third-order valence-electron chi connectivity index (χ3n) is 5.54. The molecular formula is C21H25FN6O2. The van der Waals surface area contributed by atoms with E-state index in [9.17, 15) is 14.0 Å². The predicted molar refractivity (Wildman–Crippen MR) is 112 cm³/mol. The summed E-state index contributed by atoms with van der Waals surface area (Å²) in [5.74, 6) is 0.718. The van der Waals surface area contributed by atoms with Crippen molar-refractivity contribution in [3.05, 3.63) is 42.2 Å². The van der Waals surface area contributed by atoms with Gasteiger partial charge in [0.05, 0.1) is 5.92 Å². The lowest BCUT2D eigenvalue weighted by molar-refractivity contribution is -0.136. The van der Waals surface area contributed by atoms with E-state index in [-0.39, 0.29) is 30.0 Å². The minimum atomic E-state index is -0.367. The standard InChI is InChI=1S/C21H25FN6O2/c1-2-23-18-7-8-19(25-24-18)26-9-11-27(12-10-26)21(30)15-13-20(29)28(14-15)17-5-3-16(22)4-6-17/h3-8,15H,2,9-14H2,1H3,(H,23,24). The number of halogens is 1. The van der Waals surface area contributed by atoms with Gasteiger partial charge in [0.1, 0.15) is 11.6 Å². The van der Waals surface area contributed by atoms with E-state index < -0.39 is 0 Å². The van der Waals surface area contributed by atoms with Crippen LogP contribution >= 0.6 is 0 Å². The van der Waals surface area contributed by atoms with Crippen LogP contribution in [0.4, 0.5) is 21.7 Å². The number of nitrogens with one attached hydrogen (secondary N) is 1. The smallest absolute Gasteiger partial charge is 0.228 e. The number of carbonyl (C=O) groups is 2. The molecule has 4 rings (SSSR count). The largest absolute Gasteiger partial charge is 0.369 e. The second-order valence-electron chi connectivity index (χ2n) is 7.50. The van der Waals surface area contributed by atoms with E-state index in [1.165, 1.54) is 12.1 Å². The Morgan fingerprint density at radius 1 is 1.10 bits per heavy atom. The summed E-state index contributed by atoms with van der Waals surface area (Å²) in [6.07, 6.45) is 0.188. The summed E-state index contributed by atoms with van der Waals surface area (Å²) in [7, 11) is 0.